The van der Waals surface area contributed by atoms with Gasteiger partial charge in [0, 0.05) is 25.4 Å². The number of hydrogen-bond donors (Lipinski definition) is 0. The van der Waals surface area contributed by atoms with Crippen molar-refractivity contribution >= 4 is 67.0 Å². The zero-order valence-corrected chi connectivity index (χ0v) is 31.1. The lowest BCUT2D eigenvalue weighted by Gasteiger charge is -2.39. The Kier molecular flexibility index (Phi) is 7.73. The van der Waals surface area contributed by atoms with Crippen LogP contribution in [0.5, 0.6) is 0 Å². The Balaban J connectivity index is 1.21. The Hall–Kier alpha value is -2.62. The molecule has 1 radical (unpaired) electrons. The van der Waals surface area contributed by atoms with Crippen molar-refractivity contribution in [2.45, 2.75) is 82.2 Å². The van der Waals surface area contributed by atoms with Gasteiger partial charge in [0.1, 0.15) is 0 Å². The molecule has 47 heavy (non-hydrogen) atoms. The molecule has 4 unspecified atom stereocenters. The van der Waals surface area contributed by atoms with Crippen LogP contribution in [0.1, 0.15) is 80.7 Å². The number of allylic oxidation sites excluding steroid dienone is 5. The van der Waals surface area contributed by atoms with Crippen LogP contribution in [0, 0.1) is 5.92 Å². The molecule has 5 heteroatoms. The van der Waals surface area contributed by atoms with Gasteiger partial charge in [0.15, 0.2) is 0 Å². The molecule has 8 rings (SSSR count). The summed E-state index contributed by atoms with van der Waals surface area (Å²) < 4.78 is 7.94. The minimum Gasteiger partial charge on any atom is -0.429 e. The Morgan fingerprint density at radius 2 is 1.72 bits per heavy atom. The Labute approximate surface area is 292 Å². The summed E-state index contributed by atoms with van der Waals surface area (Å²) in [4.78, 5) is 3.02. The van der Waals surface area contributed by atoms with E-state index in [1.807, 2.05) is 11.3 Å². The third-order valence-electron chi connectivity index (χ3n) is 11.0. The van der Waals surface area contributed by atoms with Crippen molar-refractivity contribution in [2.24, 2.45) is 5.92 Å². The number of benzene rings is 3. The fourth-order valence-corrected chi connectivity index (χ4v) is 10.6. The van der Waals surface area contributed by atoms with Gasteiger partial charge in [-0.15, -0.1) is 32.3 Å². The molecule has 0 bridgehead atoms. The Morgan fingerprint density at radius 3 is 2.51 bits per heavy atom. The van der Waals surface area contributed by atoms with E-state index in [1.54, 1.807) is 4.91 Å². The molecule has 3 aromatic carbocycles. The zero-order chi connectivity index (χ0) is 32.7. The molecule has 4 atom stereocenters. The summed E-state index contributed by atoms with van der Waals surface area (Å²) in [5, 5.41) is 1.79. The molecule has 0 spiro atoms. The largest absolute Gasteiger partial charge is 0.429 e. The predicted octanol–water partition coefficient (Wildman–Crippen LogP) is 11.3. The van der Waals surface area contributed by atoms with Crippen LogP contribution in [-0.4, -0.2) is 23.5 Å². The van der Waals surface area contributed by atoms with Gasteiger partial charge in [-0.25, -0.2) is 0 Å². The van der Waals surface area contributed by atoms with E-state index < -0.39 is 0 Å². The van der Waals surface area contributed by atoms with E-state index in [9.17, 15) is 0 Å². The molecule has 0 saturated heterocycles. The van der Waals surface area contributed by atoms with Gasteiger partial charge in [0.25, 0.3) is 0 Å². The van der Waals surface area contributed by atoms with E-state index in [2.05, 4.69) is 161 Å². The number of hydrogen-bond acceptors (Lipinski definition) is 3. The molecule has 2 heterocycles. The van der Waals surface area contributed by atoms with Crippen LogP contribution in [0.15, 0.2) is 101 Å². The molecule has 3 aliphatic carbocycles. The predicted molar refractivity (Wildman–Crippen MR) is 210 cm³/mol. The molecule has 1 aromatic heterocycles. The van der Waals surface area contributed by atoms with Gasteiger partial charge < -0.3 is 4.65 Å². The summed E-state index contributed by atoms with van der Waals surface area (Å²) in [7, 11) is 5.02. The first-order valence-corrected chi connectivity index (χ1v) is 19.2. The minimum atomic E-state index is -0.317. The second-order valence-corrected chi connectivity index (χ2v) is 19.2. The lowest BCUT2D eigenvalue weighted by molar-refractivity contribution is 0.0843. The smallest absolute Gasteiger partial charge is 0.331 e. The lowest BCUT2D eigenvalue weighted by atomic mass is 9.70. The molecule has 4 aromatic rings. The molecule has 1 nitrogen and oxygen atoms in total. The zero-order valence-electron chi connectivity index (χ0n) is 28.3. The van der Waals surface area contributed by atoms with E-state index in [4.69, 9.17) is 4.65 Å². The van der Waals surface area contributed by atoms with Gasteiger partial charge in [-0.3, -0.25) is 0 Å². The normalized spacial score (nSPS) is 23.8. The second-order valence-electron chi connectivity index (χ2n) is 15.3. The number of fused-ring (bicyclic) bond motifs is 6. The Morgan fingerprint density at radius 1 is 0.957 bits per heavy atom. The van der Waals surface area contributed by atoms with Crippen LogP contribution in [0.4, 0.5) is 0 Å². The summed E-state index contributed by atoms with van der Waals surface area (Å²) in [5.41, 5.74) is 12.1. The summed E-state index contributed by atoms with van der Waals surface area (Å²) >= 11 is 4.08. The van der Waals surface area contributed by atoms with Gasteiger partial charge in [0.05, 0.1) is 5.60 Å². The molecular formula is C42H43BOPS2. The van der Waals surface area contributed by atoms with Crippen molar-refractivity contribution in [3.63, 3.8) is 0 Å². The maximum atomic E-state index is 6.57. The summed E-state index contributed by atoms with van der Waals surface area (Å²) in [6.45, 7) is 13.6. The van der Waals surface area contributed by atoms with Crippen molar-refractivity contribution in [3.05, 3.63) is 134 Å². The summed E-state index contributed by atoms with van der Waals surface area (Å²) in [6.07, 6.45) is 10.7. The van der Waals surface area contributed by atoms with Crippen LogP contribution in [0.2, 0.25) is 0 Å². The highest BCUT2D eigenvalue weighted by Gasteiger charge is 2.42. The molecule has 1 aliphatic heterocycles. The topological polar surface area (TPSA) is 9.23 Å². The quantitative estimate of drug-likeness (QED) is 0.149. The first-order valence-electron chi connectivity index (χ1n) is 17.0. The highest BCUT2D eigenvalue weighted by Crippen LogP contribution is 2.58. The molecule has 0 N–H and O–H groups in total. The highest BCUT2D eigenvalue weighted by molar-refractivity contribution is 8.04. The average molecular weight is 670 g/mol. The molecule has 0 fully saturated rings. The first kappa shape index (κ1) is 31.6. The molecular weight excluding hydrogens is 626 g/mol. The van der Waals surface area contributed by atoms with Crippen molar-refractivity contribution in [2.75, 3.05) is 0 Å². The Bertz CT molecular complexity index is 2040. The number of rotatable bonds is 6. The van der Waals surface area contributed by atoms with Crippen molar-refractivity contribution < 1.29 is 4.65 Å². The second kappa shape index (κ2) is 11.5. The van der Waals surface area contributed by atoms with Crippen LogP contribution in [0.25, 0.3) is 27.2 Å². The van der Waals surface area contributed by atoms with E-state index in [1.165, 1.54) is 65.0 Å². The summed E-state index contributed by atoms with van der Waals surface area (Å²) in [5.74, 6) is 0.484. The molecule has 237 valence electrons. The molecule has 0 saturated carbocycles. The maximum absolute atomic E-state index is 6.57. The van der Waals surface area contributed by atoms with Crippen molar-refractivity contribution in [1.82, 2.24) is 0 Å². The maximum Gasteiger partial charge on any atom is 0.331 e. The van der Waals surface area contributed by atoms with E-state index >= 15 is 0 Å². The van der Waals surface area contributed by atoms with E-state index in [0.717, 1.165) is 19.3 Å². The average Bonchev–Trinajstić information content (AvgIpc) is 3.58. The molecule has 0 amide bonds. The first-order chi connectivity index (χ1) is 22.4. The van der Waals surface area contributed by atoms with Gasteiger partial charge >= 0.3 is 7.48 Å². The van der Waals surface area contributed by atoms with E-state index in [-0.39, 0.29) is 16.2 Å². The van der Waals surface area contributed by atoms with E-state index in [0.29, 0.717) is 11.2 Å². The monoisotopic (exact) mass is 669 g/mol. The highest BCUT2D eigenvalue weighted by atomic mass is 32.2. The van der Waals surface area contributed by atoms with Gasteiger partial charge in [-0.05, 0) is 118 Å². The van der Waals surface area contributed by atoms with Crippen LogP contribution < -0.4 is 0 Å². The van der Waals surface area contributed by atoms with Gasteiger partial charge in [-0.1, -0.05) is 101 Å². The SMILES string of the molecule is CC1C=C([B]OC(C)(C)C(C)(C)P)c2c(sc3ccc(C4(C)C=C(c5ccccc5)C5=C(C4)SC4Cc6ccccc6C=C54)cc23)C1. The lowest BCUT2D eigenvalue weighted by Crippen LogP contribution is -2.43. The fraction of sp³-hybridized carbons (Fsp3) is 0.333. The van der Waals surface area contributed by atoms with Crippen LogP contribution >= 0.6 is 32.3 Å². The standard InChI is InChI=1S/C42H43BOPS2/c1-25-18-33(43-44-40(2,3)41(4,5)45)39-31-22-29(16-17-34(31)46-36(39)19-25)42(6)23-32(26-12-8-7-9-13-26)38-30-20-27-14-10-11-15-28(27)21-35(30)47-37(38)24-42/h7-18,20,22-23,25,35H,19,21,24,45H2,1-6H3. The number of thiophene rings is 1. The van der Waals surface area contributed by atoms with Crippen molar-refractivity contribution in [3.8, 4) is 0 Å². The number of thioether (sulfide) groups is 1. The third-order valence-corrected chi connectivity index (χ3v) is 14.3. The minimum absolute atomic E-state index is 0.0580. The van der Waals surface area contributed by atoms with Crippen molar-refractivity contribution in [1.29, 1.82) is 0 Å². The van der Waals surface area contributed by atoms with Crippen LogP contribution in [0.3, 0.4) is 0 Å². The summed E-state index contributed by atoms with van der Waals surface area (Å²) in [6, 6.07) is 27.3. The molecule has 4 aliphatic rings. The van der Waals surface area contributed by atoms with Crippen LogP contribution in [-0.2, 0) is 22.9 Å². The fourth-order valence-electron chi connectivity index (χ4n) is 7.57. The third kappa shape index (κ3) is 5.49. The van der Waals surface area contributed by atoms with Gasteiger partial charge in [0.2, 0.25) is 0 Å². The van der Waals surface area contributed by atoms with Gasteiger partial charge in [-0.2, -0.15) is 0 Å².